The maximum atomic E-state index is 12.6. The van der Waals surface area contributed by atoms with E-state index in [9.17, 15) is 9.59 Å². The molecule has 4 rings (SSSR count). The Labute approximate surface area is 175 Å². The Bertz CT molecular complexity index is 1000. The number of amides is 2. The molecule has 1 aliphatic rings. The van der Waals surface area contributed by atoms with Gasteiger partial charge in [-0.1, -0.05) is 23.4 Å². The third-order valence-electron chi connectivity index (χ3n) is 5.50. The number of benzene rings is 1. The normalized spacial score (nSPS) is 16.7. The Hall–Kier alpha value is -3.29. The Morgan fingerprint density at radius 2 is 2.00 bits per heavy atom. The number of hydrogen-bond acceptors (Lipinski definition) is 5. The molecule has 156 valence electrons. The first kappa shape index (κ1) is 20.0. The molecule has 0 spiro atoms. The van der Waals surface area contributed by atoms with E-state index in [4.69, 9.17) is 0 Å². The average molecular weight is 406 g/mol. The topological polar surface area (TPSA) is 93.0 Å². The average Bonchev–Trinajstić information content (AvgIpc) is 3.20. The minimum absolute atomic E-state index is 0.0220. The van der Waals surface area contributed by atoms with E-state index in [0.717, 1.165) is 23.1 Å². The molecule has 3 heterocycles. The number of nitrogens with one attached hydrogen (secondary N) is 1. The predicted octanol–water partition coefficient (Wildman–Crippen LogP) is 1.81. The van der Waals surface area contributed by atoms with Crippen LogP contribution in [0.1, 0.15) is 25.0 Å². The molecular formula is C22H26N6O2. The van der Waals surface area contributed by atoms with Crippen LogP contribution in [0.4, 0.5) is 0 Å². The Balaban J connectivity index is 1.22. The van der Waals surface area contributed by atoms with E-state index < -0.39 is 0 Å². The van der Waals surface area contributed by atoms with Crippen molar-refractivity contribution in [3.05, 3.63) is 54.4 Å². The van der Waals surface area contributed by atoms with Gasteiger partial charge in [-0.3, -0.25) is 14.6 Å². The molecular weight excluding hydrogens is 380 g/mol. The van der Waals surface area contributed by atoms with Crippen molar-refractivity contribution in [1.82, 2.24) is 30.2 Å². The number of nitrogens with zero attached hydrogens (tertiary/aromatic N) is 5. The summed E-state index contributed by atoms with van der Waals surface area (Å²) in [6.45, 7) is 2.34. The van der Waals surface area contributed by atoms with Crippen LogP contribution in [0.15, 0.2) is 48.7 Å². The number of rotatable bonds is 8. The number of piperidine rings is 1. The summed E-state index contributed by atoms with van der Waals surface area (Å²) in [5.41, 5.74) is 2.83. The van der Waals surface area contributed by atoms with Crippen LogP contribution < -0.4 is 5.32 Å². The Morgan fingerprint density at radius 1 is 1.13 bits per heavy atom. The van der Waals surface area contributed by atoms with Gasteiger partial charge in [-0.05, 0) is 37.1 Å². The maximum Gasteiger partial charge on any atom is 0.224 e. The molecule has 0 radical (unpaired) electrons. The first-order valence-corrected chi connectivity index (χ1v) is 10.4. The van der Waals surface area contributed by atoms with Crippen LogP contribution in [0.2, 0.25) is 0 Å². The molecule has 1 atom stereocenters. The van der Waals surface area contributed by atoms with Crippen molar-refractivity contribution >= 4 is 22.8 Å². The van der Waals surface area contributed by atoms with E-state index in [1.165, 1.54) is 0 Å². The Kier molecular flexibility index (Phi) is 6.32. The zero-order valence-corrected chi connectivity index (χ0v) is 16.9. The van der Waals surface area contributed by atoms with Gasteiger partial charge in [0.25, 0.3) is 0 Å². The summed E-state index contributed by atoms with van der Waals surface area (Å²) in [4.78, 5) is 30.9. The van der Waals surface area contributed by atoms with Crippen LogP contribution in [0, 0.1) is 5.92 Å². The fourth-order valence-corrected chi connectivity index (χ4v) is 3.81. The highest BCUT2D eigenvalue weighted by atomic mass is 16.2. The van der Waals surface area contributed by atoms with Crippen molar-refractivity contribution in [2.45, 2.75) is 32.2 Å². The largest absolute Gasteiger partial charge is 0.356 e. The highest BCUT2D eigenvalue weighted by Gasteiger charge is 2.29. The van der Waals surface area contributed by atoms with Crippen molar-refractivity contribution in [3.63, 3.8) is 0 Å². The van der Waals surface area contributed by atoms with Crippen molar-refractivity contribution < 1.29 is 9.59 Å². The van der Waals surface area contributed by atoms with Gasteiger partial charge in [-0.25, -0.2) is 4.68 Å². The number of carbonyl (C=O) groups is 2. The molecule has 1 N–H and O–H groups in total. The lowest BCUT2D eigenvalue weighted by Crippen LogP contribution is -2.46. The van der Waals surface area contributed by atoms with Gasteiger partial charge >= 0.3 is 0 Å². The summed E-state index contributed by atoms with van der Waals surface area (Å²) in [6.07, 6.45) is 4.26. The zero-order chi connectivity index (χ0) is 20.8. The van der Waals surface area contributed by atoms with Gasteiger partial charge in [-0.15, -0.1) is 5.10 Å². The van der Waals surface area contributed by atoms with Crippen LogP contribution in [0.5, 0.6) is 0 Å². The van der Waals surface area contributed by atoms with Gasteiger partial charge in [0.15, 0.2) is 0 Å². The monoisotopic (exact) mass is 406 g/mol. The van der Waals surface area contributed by atoms with Crippen molar-refractivity contribution in [2.24, 2.45) is 5.92 Å². The summed E-state index contributed by atoms with van der Waals surface area (Å²) < 4.78 is 1.86. The van der Waals surface area contributed by atoms with Gasteiger partial charge in [0.05, 0.1) is 11.4 Å². The lowest BCUT2D eigenvalue weighted by Gasteiger charge is -2.32. The van der Waals surface area contributed by atoms with Gasteiger partial charge in [0.2, 0.25) is 11.8 Å². The number of aromatic nitrogens is 4. The van der Waals surface area contributed by atoms with Crippen molar-refractivity contribution in [2.75, 3.05) is 19.6 Å². The second-order valence-electron chi connectivity index (χ2n) is 7.59. The summed E-state index contributed by atoms with van der Waals surface area (Å²) in [7, 11) is 0. The van der Waals surface area contributed by atoms with Crippen LogP contribution in [0.25, 0.3) is 11.0 Å². The Morgan fingerprint density at radius 3 is 2.87 bits per heavy atom. The smallest absolute Gasteiger partial charge is 0.224 e. The summed E-state index contributed by atoms with van der Waals surface area (Å²) in [5, 5.41) is 11.3. The first-order chi connectivity index (χ1) is 14.7. The summed E-state index contributed by atoms with van der Waals surface area (Å²) in [6, 6.07) is 13.6. The molecule has 2 aromatic heterocycles. The van der Waals surface area contributed by atoms with E-state index in [1.54, 1.807) is 11.1 Å². The van der Waals surface area contributed by atoms with Crippen LogP contribution in [0.3, 0.4) is 0 Å². The highest BCUT2D eigenvalue weighted by Crippen LogP contribution is 2.18. The summed E-state index contributed by atoms with van der Waals surface area (Å²) in [5.74, 6) is -0.0135. The second-order valence-corrected chi connectivity index (χ2v) is 7.59. The SMILES string of the molecule is O=C(NCCCn1nnc2ccccc21)[C@H]1CCC(=O)N(CCc2ccccn2)C1. The highest BCUT2D eigenvalue weighted by molar-refractivity contribution is 5.83. The molecule has 3 aromatic rings. The molecule has 0 aliphatic carbocycles. The molecule has 8 heteroatoms. The molecule has 0 bridgehead atoms. The lowest BCUT2D eigenvalue weighted by molar-refractivity contribution is -0.138. The van der Waals surface area contributed by atoms with E-state index in [2.05, 4.69) is 20.6 Å². The molecule has 2 amide bonds. The third kappa shape index (κ3) is 4.82. The van der Waals surface area contributed by atoms with Crippen LogP contribution in [-0.2, 0) is 22.6 Å². The maximum absolute atomic E-state index is 12.6. The minimum atomic E-state index is -0.154. The number of para-hydroxylation sites is 1. The molecule has 0 saturated carbocycles. The third-order valence-corrected chi connectivity index (χ3v) is 5.50. The number of aryl methyl sites for hydroxylation is 1. The van der Waals surface area contributed by atoms with E-state index in [1.807, 2.05) is 47.1 Å². The molecule has 0 unspecified atom stereocenters. The number of carbonyl (C=O) groups excluding carboxylic acids is 2. The van der Waals surface area contributed by atoms with E-state index in [-0.39, 0.29) is 17.7 Å². The summed E-state index contributed by atoms with van der Waals surface area (Å²) >= 11 is 0. The zero-order valence-electron chi connectivity index (χ0n) is 16.9. The van der Waals surface area contributed by atoms with Crippen LogP contribution in [-0.4, -0.2) is 56.3 Å². The standard InChI is InChI=1S/C22H26N6O2/c29-21-10-9-17(16-27(21)15-11-18-6-3-4-12-23-18)22(30)24-13-5-14-28-20-8-2-1-7-19(20)25-26-28/h1-4,6-8,12,17H,5,9-11,13-16H2,(H,24,30)/t17-/m0/s1. The molecule has 1 aliphatic heterocycles. The predicted molar refractivity (Wildman–Crippen MR) is 112 cm³/mol. The molecule has 30 heavy (non-hydrogen) atoms. The number of fused-ring (bicyclic) bond motifs is 1. The molecule has 1 fully saturated rings. The first-order valence-electron chi connectivity index (χ1n) is 10.4. The van der Waals surface area contributed by atoms with E-state index >= 15 is 0 Å². The van der Waals surface area contributed by atoms with Crippen molar-refractivity contribution in [3.8, 4) is 0 Å². The quantitative estimate of drug-likeness (QED) is 0.576. The van der Waals surface area contributed by atoms with Gasteiger partial charge < -0.3 is 10.2 Å². The second kappa shape index (κ2) is 9.47. The van der Waals surface area contributed by atoms with Crippen molar-refractivity contribution in [1.29, 1.82) is 0 Å². The lowest BCUT2D eigenvalue weighted by atomic mass is 9.96. The number of likely N-dealkylation sites (tertiary alicyclic amines) is 1. The molecule has 8 nitrogen and oxygen atoms in total. The fraction of sp³-hybridized carbons (Fsp3) is 0.409. The molecule has 1 aromatic carbocycles. The van der Waals surface area contributed by atoms with Crippen LogP contribution >= 0.6 is 0 Å². The van der Waals surface area contributed by atoms with Gasteiger partial charge in [-0.2, -0.15) is 0 Å². The minimum Gasteiger partial charge on any atom is -0.356 e. The van der Waals surface area contributed by atoms with E-state index in [0.29, 0.717) is 45.4 Å². The van der Waals surface area contributed by atoms with Gasteiger partial charge in [0.1, 0.15) is 5.52 Å². The fourth-order valence-electron chi connectivity index (χ4n) is 3.81. The number of hydrogen-bond donors (Lipinski definition) is 1. The number of pyridine rings is 1. The van der Waals surface area contributed by atoms with Gasteiger partial charge in [0, 0.05) is 50.9 Å². The molecule has 1 saturated heterocycles.